The second-order valence-electron chi connectivity index (χ2n) is 5.35. The Kier molecular flexibility index (Phi) is 4.40. The average Bonchev–Trinajstić information content (AvgIpc) is 2.89. The maximum atomic E-state index is 12.6. The smallest absolute Gasteiger partial charge is 0.242 e. The molecule has 4 heteroatoms. The van der Waals surface area contributed by atoms with Gasteiger partial charge in [0, 0.05) is 32.7 Å². The minimum atomic E-state index is -0.263. The van der Waals surface area contributed by atoms with E-state index in [0.717, 1.165) is 58.5 Å². The number of nitrogens with one attached hydrogen (secondary N) is 1. The van der Waals surface area contributed by atoms with Crippen molar-refractivity contribution in [3.8, 4) is 0 Å². The molecule has 2 heterocycles. The number of amides is 1. The second-order valence-corrected chi connectivity index (χ2v) is 5.35. The Hall–Kier alpha value is -0.870. The zero-order chi connectivity index (χ0) is 13.0. The minimum Gasteiger partial charge on any atom is -0.339 e. The molecular formula is C14H25N3O. The van der Waals surface area contributed by atoms with E-state index in [1.807, 2.05) is 11.0 Å². The van der Waals surface area contributed by atoms with E-state index in [0.29, 0.717) is 5.91 Å². The summed E-state index contributed by atoms with van der Waals surface area (Å²) in [5.74, 6) is 0.320. The number of rotatable bonds is 4. The van der Waals surface area contributed by atoms with E-state index in [1.165, 1.54) is 0 Å². The molecule has 0 bridgehead atoms. The maximum Gasteiger partial charge on any atom is 0.242 e. The Balaban J connectivity index is 1.92. The van der Waals surface area contributed by atoms with Gasteiger partial charge in [0.05, 0.1) is 5.54 Å². The number of carbonyl (C=O) groups is 1. The van der Waals surface area contributed by atoms with E-state index in [1.54, 1.807) is 0 Å². The molecule has 2 rings (SSSR count). The van der Waals surface area contributed by atoms with Gasteiger partial charge < -0.3 is 10.2 Å². The van der Waals surface area contributed by atoms with Crippen LogP contribution in [0.4, 0.5) is 0 Å². The number of carbonyl (C=O) groups excluding carboxylic acids is 1. The van der Waals surface area contributed by atoms with E-state index in [2.05, 4.69) is 23.7 Å². The normalized spacial score (nSPS) is 29.5. The van der Waals surface area contributed by atoms with Crippen molar-refractivity contribution in [1.82, 2.24) is 15.1 Å². The molecule has 2 fully saturated rings. The largest absolute Gasteiger partial charge is 0.339 e. The van der Waals surface area contributed by atoms with Crippen molar-refractivity contribution in [3.63, 3.8) is 0 Å². The Morgan fingerprint density at radius 3 is 2.61 bits per heavy atom. The van der Waals surface area contributed by atoms with E-state index in [9.17, 15) is 4.79 Å². The zero-order valence-electron chi connectivity index (χ0n) is 11.5. The van der Waals surface area contributed by atoms with Gasteiger partial charge in [-0.05, 0) is 25.8 Å². The lowest BCUT2D eigenvalue weighted by molar-refractivity contribution is -0.139. The van der Waals surface area contributed by atoms with Gasteiger partial charge in [0.1, 0.15) is 0 Å². The molecule has 102 valence electrons. The molecule has 1 N–H and O–H groups in total. The van der Waals surface area contributed by atoms with Gasteiger partial charge in [-0.2, -0.15) is 0 Å². The van der Waals surface area contributed by atoms with E-state index < -0.39 is 0 Å². The molecule has 0 aliphatic carbocycles. The third-order valence-electron chi connectivity index (χ3n) is 4.30. The third-order valence-corrected chi connectivity index (χ3v) is 4.30. The van der Waals surface area contributed by atoms with Crippen molar-refractivity contribution in [2.24, 2.45) is 0 Å². The second kappa shape index (κ2) is 5.85. The van der Waals surface area contributed by atoms with Crippen molar-refractivity contribution in [1.29, 1.82) is 0 Å². The molecule has 0 aromatic carbocycles. The Labute approximate surface area is 110 Å². The third kappa shape index (κ3) is 2.59. The van der Waals surface area contributed by atoms with Gasteiger partial charge in [-0.15, -0.1) is 6.58 Å². The van der Waals surface area contributed by atoms with Crippen LogP contribution in [0.1, 0.15) is 26.2 Å². The van der Waals surface area contributed by atoms with Gasteiger partial charge in [0.15, 0.2) is 0 Å². The fourth-order valence-corrected chi connectivity index (χ4v) is 3.06. The van der Waals surface area contributed by atoms with Gasteiger partial charge >= 0.3 is 0 Å². The van der Waals surface area contributed by atoms with Crippen molar-refractivity contribution in [2.45, 2.75) is 31.7 Å². The molecule has 0 spiro atoms. The predicted molar refractivity (Wildman–Crippen MR) is 73.5 cm³/mol. The van der Waals surface area contributed by atoms with E-state index in [-0.39, 0.29) is 5.54 Å². The molecule has 2 saturated heterocycles. The molecule has 2 aliphatic rings. The van der Waals surface area contributed by atoms with E-state index in [4.69, 9.17) is 0 Å². The molecule has 0 aromatic heterocycles. The first-order chi connectivity index (χ1) is 8.72. The Morgan fingerprint density at radius 1 is 1.39 bits per heavy atom. The summed E-state index contributed by atoms with van der Waals surface area (Å²) in [6.45, 7) is 11.4. The summed E-state index contributed by atoms with van der Waals surface area (Å²) in [5.41, 5.74) is -0.263. The summed E-state index contributed by atoms with van der Waals surface area (Å²) in [7, 11) is 0. The highest BCUT2D eigenvalue weighted by Gasteiger charge is 2.42. The quantitative estimate of drug-likeness (QED) is 0.752. The van der Waals surface area contributed by atoms with Crippen molar-refractivity contribution < 1.29 is 4.79 Å². The van der Waals surface area contributed by atoms with Crippen LogP contribution < -0.4 is 5.32 Å². The number of nitrogens with zero attached hydrogens (tertiary/aromatic N) is 2. The number of hydrogen-bond acceptors (Lipinski definition) is 3. The molecule has 1 atom stereocenters. The van der Waals surface area contributed by atoms with Gasteiger partial charge in [0.2, 0.25) is 5.91 Å². The van der Waals surface area contributed by atoms with Gasteiger partial charge in [0.25, 0.3) is 0 Å². The van der Waals surface area contributed by atoms with Crippen LogP contribution in [-0.2, 0) is 4.79 Å². The van der Waals surface area contributed by atoms with Crippen LogP contribution in [0.5, 0.6) is 0 Å². The maximum absolute atomic E-state index is 12.6. The molecule has 0 saturated carbocycles. The average molecular weight is 251 g/mol. The monoisotopic (exact) mass is 251 g/mol. The molecule has 0 radical (unpaired) electrons. The van der Waals surface area contributed by atoms with E-state index >= 15 is 0 Å². The highest BCUT2D eigenvalue weighted by Crippen LogP contribution is 2.25. The molecule has 18 heavy (non-hydrogen) atoms. The first-order valence-corrected chi connectivity index (χ1v) is 7.09. The van der Waals surface area contributed by atoms with Crippen LogP contribution in [0.2, 0.25) is 0 Å². The fourth-order valence-electron chi connectivity index (χ4n) is 3.06. The fraction of sp³-hybridized carbons (Fsp3) is 0.786. The zero-order valence-corrected chi connectivity index (χ0v) is 11.5. The lowest BCUT2D eigenvalue weighted by Crippen LogP contribution is -2.59. The van der Waals surface area contributed by atoms with Gasteiger partial charge in [-0.1, -0.05) is 13.0 Å². The van der Waals surface area contributed by atoms with Crippen LogP contribution in [-0.4, -0.2) is 60.5 Å². The Morgan fingerprint density at radius 2 is 2.11 bits per heavy atom. The first-order valence-electron chi connectivity index (χ1n) is 7.09. The minimum absolute atomic E-state index is 0.263. The van der Waals surface area contributed by atoms with Crippen LogP contribution in [0, 0.1) is 0 Å². The van der Waals surface area contributed by atoms with Crippen molar-refractivity contribution >= 4 is 5.91 Å². The van der Waals surface area contributed by atoms with Crippen LogP contribution in [0.25, 0.3) is 0 Å². The van der Waals surface area contributed by atoms with Crippen LogP contribution in [0.3, 0.4) is 0 Å². The standard InChI is InChI=1S/C14H25N3O/c1-3-8-16-9-11-17(12-10-16)13(18)14(4-2)6-5-7-15-14/h3,15H,1,4-12H2,2H3. The molecule has 4 nitrogen and oxygen atoms in total. The summed E-state index contributed by atoms with van der Waals surface area (Å²) in [6, 6.07) is 0. The SMILES string of the molecule is C=CCN1CCN(C(=O)C2(CC)CCCN2)CC1. The number of hydrogen-bond donors (Lipinski definition) is 1. The molecular weight excluding hydrogens is 226 g/mol. The molecule has 0 aromatic rings. The van der Waals surface area contributed by atoms with Crippen LogP contribution >= 0.6 is 0 Å². The highest BCUT2D eigenvalue weighted by atomic mass is 16.2. The predicted octanol–water partition coefficient (Wildman–Crippen LogP) is 0.849. The highest BCUT2D eigenvalue weighted by molar-refractivity contribution is 5.86. The molecule has 1 amide bonds. The summed E-state index contributed by atoms with van der Waals surface area (Å²) in [6.07, 6.45) is 4.95. The van der Waals surface area contributed by atoms with Gasteiger partial charge in [-0.3, -0.25) is 9.69 Å². The summed E-state index contributed by atoms with van der Waals surface area (Å²) in [5, 5.41) is 3.43. The lowest BCUT2D eigenvalue weighted by Gasteiger charge is -2.39. The summed E-state index contributed by atoms with van der Waals surface area (Å²) < 4.78 is 0. The summed E-state index contributed by atoms with van der Waals surface area (Å²) in [4.78, 5) is 17.0. The first kappa shape index (κ1) is 13.6. The summed E-state index contributed by atoms with van der Waals surface area (Å²) >= 11 is 0. The molecule has 2 aliphatic heterocycles. The van der Waals surface area contributed by atoms with Crippen LogP contribution in [0.15, 0.2) is 12.7 Å². The van der Waals surface area contributed by atoms with Crippen molar-refractivity contribution in [3.05, 3.63) is 12.7 Å². The molecule has 1 unspecified atom stereocenters. The number of piperazine rings is 1. The Bertz CT molecular complexity index is 302. The van der Waals surface area contributed by atoms with Crippen molar-refractivity contribution in [2.75, 3.05) is 39.3 Å². The topological polar surface area (TPSA) is 35.6 Å². The van der Waals surface area contributed by atoms with Gasteiger partial charge in [-0.25, -0.2) is 0 Å². The lowest BCUT2D eigenvalue weighted by atomic mass is 9.92.